The third-order valence-corrected chi connectivity index (χ3v) is 6.64. The van der Waals surface area contributed by atoms with Crippen LogP contribution in [0.4, 0.5) is 0 Å². The van der Waals surface area contributed by atoms with Gasteiger partial charge in [0.1, 0.15) is 6.04 Å². The fourth-order valence-corrected chi connectivity index (χ4v) is 5.21. The first kappa shape index (κ1) is 19.0. The Morgan fingerprint density at radius 3 is 2.32 bits per heavy atom. The predicted molar refractivity (Wildman–Crippen MR) is 105 cm³/mol. The van der Waals surface area contributed by atoms with Crippen LogP contribution in [0.1, 0.15) is 40.5 Å². The summed E-state index contributed by atoms with van der Waals surface area (Å²) in [6, 6.07) is 6.25. The maximum Gasteiger partial charge on any atom is 0.261 e. The van der Waals surface area contributed by atoms with Crippen LogP contribution in [-0.4, -0.2) is 75.6 Å². The number of amides is 4. The number of nitrogens with zero attached hydrogens (tertiary/aromatic N) is 3. The predicted octanol–water partition coefficient (Wildman–Crippen LogP) is 1.44. The molecule has 0 saturated carbocycles. The van der Waals surface area contributed by atoms with E-state index in [1.807, 2.05) is 4.90 Å². The number of hydrogen-bond donors (Lipinski definition) is 0. The minimum absolute atomic E-state index is 0.0174. The highest BCUT2D eigenvalue weighted by Crippen LogP contribution is 2.28. The smallest absolute Gasteiger partial charge is 0.261 e. The minimum atomic E-state index is -0.560. The Hall–Kier alpha value is -2.35. The topological polar surface area (TPSA) is 78.0 Å². The molecule has 148 valence electrons. The molecule has 1 aromatic carbocycles. The van der Waals surface area contributed by atoms with E-state index < -0.39 is 12.0 Å². The first-order valence-electron chi connectivity index (χ1n) is 9.61. The van der Waals surface area contributed by atoms with Crippen molar-refractivity contribution in [2.45, 2.75) is 25.8 Å². The maximum atomic E-state index is 13.0. The van der Waals surface area contributed by atoms with Crippen LogP contribution in [0, 0.1) is 5.92 Å². The molecule has 3 heterocycles. The normalized spacial score (nSPS) is 22.8. The lowest BCUT2D eigenvalue weighted by molar-refractivity contribution is -0.144. The van der Waals surface area contributed by atoms with Crippen molar-refractivity contribution in [2.24, 2.45) is 5.92 Å². The number of thioether (sulfide) groups is 1. The van der Waals surface area contributed by atoms with Crippen LogP contribution in [0.5, 0.6) is 0 Å². The molecule has 0 spiro atoms. The van der Waals surface area contributed by atoms with Crippen LogP contribution < -0.4 is 0 Å². The molecule has 2 atom stereocenters. The highest BCUT2D eigenvalue weighted by Gasteiger charge is 2.41. The van der Waals surface area contributed by atoms with E-state index >= 15 is 0 Å². The van der Waals surface area contributed by atoms with Crippen LogP contribution >= 0.6 is 11.8 Å². The van der Waals surface area contributed by atoms with Crippen molar-refractivity contribution in [2.75, 3.05) is 31.3 Å². The monoisotopic (exact) mass is 401 g/mol. The summed E-state index contributed by atoms with van der Waals surface area (Å²) < 4.78 is 0. The second kappa shape index (κ2) is 7.58. The van der Waals surface area contributed by atoms with Gasteiger partial charge >= 0.3 is 0 Å². The Bertz CT molecular complexity index is 801. The number of imide groups is 1. The van der Waals surface area contributed by atoms with Gasteiger partial charge in [-0.25, -0.2) is 0 Å². The molecule has 0 N–H and O–H groups in total. The minimum Gasteiger partial charge on any atom is -0.341 e. The molecule has 8 heteroatoms. The molecule has 2 fully saturated rings. The van der Waals surface area contributed by atoms with Crippen molar-refractivity contribution in [1.29, 1.82) is 0 Å². The molecule has 3 aliphatic rings. The molecule has 3 aliphatic heterocycles. The van der Waals surface area contributed by atoms with Gasteiger partial charge in [0, 0.05) is 25.4 Å². The van der Waals surface area contributed by atoms with Crippen molar-refractivity contribution >= 4 is 35.4 Å². The quantitative estimate of drug-likeness (QED) is 0.714. The van der Waals surface area contributed by atoms with Crippen LogP contribution in [0.25, 0.3) is 0 Å². The van der Waals surface area contributed by atoms with Crippen LogP contribution in [0.2, 0.25) is 0 Å². The number of carbonyl (C=O) groups is 4. The van der Waals surface area contributed by atoms with E-state index in [4.69, 9.17) is 0 Å². The molecular weight excluding hydrogens is 378 g/mol. The number of likely N-dealkylation sites (tertiary alicyclic amines) is 1. The van der Waals surface area contributed by atoms with Gasteiger partial charge in [0.05, 0.1) is 22.9 Å². The van der Waals surface area contributed by atoms with E-state index in [9.17, 15) is 19.2 Å². The van der Waals surface area contributed by atoms with Gasteiger partial charge in [-0.15, -0.1) is 11.8 Å². The zero-order chi connectivity index (χ0) is 19.8. The zero-order valence-electron chi connectivity index (χ0n) is 15.8. The average Bonchev–Trinajstić information content (AvgIpc) is 3.45. The lowest BCUT2D eigenvalue weighted by atomic mass is 10.1. The SMILES string of the molecule is C[C@@H](CN1C(=O)c2ccccc2C1=O)C(=O)N1CSC[C@H]1C(=O)N1CCCC1. The van der Waals surface area contributed by atoms with E-state index in [0.29, 0.717) is 22.8 Å². The van der Waals surface area contributed by atoms with Gasteiger partial charge in [-0.1, -0.05) is 19.1 Å². The van der Waals surface area contributed by atoms with Crippen LogP contribution in [-0.2, 0) is 9.59 Å². The average molecular weight is 401 g/mol. The number of hydrogen-bond acceptors (Lipinski definition) is 5. The lowest BCUT2D eigenvalue weighted by Gasteiger charge is -2.29. The first-order chi connectivity index (χ1) is 13.5. The van der Waals surface area contributed by atoms with Crippen LogP contribution in [0.15, 0.2) is 24.3 Å². The number of rotatable bonds is 4. The van der Waals surface area contributed by atoms with Gasteiger partial charge in [-0.2, -0.15) is 0 Å². The molecule has 0 unspecified atom stereocenters. The number of fused-ring (bicyclic) bond motifs is 1. The molecule has 1 aromatic rings. The van der Waals surface area contributed by atoms with E-state index in [2.05, 4.69) is 0 Å². The van der Waals surface area contributed by atoms with Gasteiger partial charge in [0.25, 0.3) is 11.8 Å². The summed E-state index contributed by atoms with van der Waals surface area (Å²) in [5.41, 5.74) is 0.761. The highest BCUT2D eigenvalue weighted by molar-refractivity contribution is 7.99. The van der Waals surface area contributed by atoms with E-state index in [1.165, 1.54) is 0 Å². The van der Waals surface area contributed by atoms with Gasteiger partial charge < -0.3 is 9.80 Å². The van der Waals surface area contributed by atoms with Gasteiger partial charge in [0.15, 0.2) is 0 Å². The van der Waals surface area contributed by atoms with Crippen molar-refractivity contribution in [3.05, 3.63) is 35.4 Å². The highest BCUT2D eigenvalue weighted by atomic mass is 32.2. The zero-order valence-corrected chi connectivity index (χ0v) is 16.6. The molecule has 0 aliphatic carbocycles. The molecule has 4 rings (SSSR count). The molecule has 0 radical (unpaired) electrons. The fraction of sp³-hybridized carbons (Fsp3) is 0.500. The summed E-state index contributed by atoms with van der Waals surface area (Å²) in [5, 5.41) is 0. The molecule has 0 aromatic heterocycles. The van der Waals surface area contributed by atoms with Crippen LogP contribution in [0.3, 0.4) is 0 Å². The molecule has 4 amide bonds. The lowest BCUT2D eigenvalue weighted by Crippen LogP contribution is -2.51. The Labute approximate surface area is 168 Å². The number of carbonyl (C=O) groups excluding carboxylic acids is 4. The van der Waals surface area contributed by atoms with Crippen molar-refractivity contribution < 1.29 is 19.2 Å². The Morgan fingerprint density at radius 2 is 1.71 bits per heavy atom. The second-order valence-corrected chi connectivity index (χ2v) is 8.52. The molecule has 0 bridgehead atoms. The molecule has 28 heavy (non-hydrogen) atoms. The fourth-order valence-electron chi connectivity index (χ4n) is 4.05. The van der Waals surface area contributed by atoms with E-state index in [0.717, 1.165) is 30.8 Å². The summed E-state index contributed by atoms with van der Waals surface area (Å²) in [6.45, 7) is 3.25. The van der Waals surface area contributed by atoms with Crippen molar-refractivity contribution in [3.63, 3.8) is 0 Å². The summed E-state index contributed by atoms with van der Waals surface area (Å²) in [4.78, 5) is 55.5. The van der Waals surface area contributed by atoms with Gasteiger partial charge in [-0.3, -0.25) is 24.1 Å². The van der Waals surface area contributed by atoms with Gasteiger partial charge in [-0.05, 0) is 25.0 Å². The Balaban J connectivity index is 1.44. The summed E-state index contributed by atoms with van der Waals surface area (Å²) >= 11 is 1.57. The van der Waals surface area contributed by atoms with E-state index in [1.54, 1.807) is 47.9 Å². The number of benzene rings is 1. The largest absolute Gasteiger partial charge is 0.341 e. The summed E-state index contributed by atoms with van der Waals surface area (Å²) in [6.07, 6.45) is 2.02. The molecule has 7 nitrogen and oxygen atoms in total. The third-order valence-electron chi connectivity index (χ3n) is 5.62. The molecular formula is C20H23N3O4S. The Morgan fingerprint density at radius 1 is 1.11 bits per heavy atom. The third kappa shape index (κ3) is 3.19. The van der Waals surface area contributed by atoms with Crippen molar-refractivity contribution in [3.8, 4) is 0 Å². The van der Waals surface area contributed by atoms with E-state index in [-0.39, 0.29) is 30.2 Å². The van der Waals surface area contributed by atoms with Gasteiger partial charge in [0.2, 0.25) is 11.8 Å². The van der Waals surface area contributed by atoms with Crippen molar-refractivity contribution in [1.82, 2.24) is 14.7 Å². The standard InChI is InChI=1S/C20H23N3O4S/c1-13(10-22-18(25)14-6-2-3-7-15(14)19(22)26)17(24)23-12-28-11-16(23)20(27)21-8-4-5-9-21/h2-3,6-7,13,16H,4-5,8-12H2,1H3/t13-,16-/m0/s1. The Kier molecular flexibility index (Phi) is 5.14. The maximum absolute atomic E-state index is 13.0. The summed E-state index contributed by atoms with van der Waals surface area (Å²) in [5.74, 6) is -0.379. The first-order valence-corrected chi connectivity index (χ1v) is 10.8. The second-order valence-electron chi connectivity index (χ2n) is 7.52. The molecule has 2 saturated heterocycles. The summed E-state index contributed by atoms with van der Waals surface area (Å²) in [7, 11) is 0.